The van der Waals surface area contributed by atoms with E-state index >= 15 is 0 Å². The standard InChI is InChI=1S/C24H18N2O5/c25-24-18-6-3-5-17(23(18)31-26-24)19-11-14(10-16-8-9-29-22(16)19)13-30-20-7-2-1-4-15(20)12-21(27)28/h1-11H,12-13H2,(H2,25,26)(H,27,28). The summed E-state index contributed by atoms with van der Waals surface area (Å²) in [5.41, 5.74) is 10.4. The zero-order valence-corrected chi connectivity index (χ0v) is 16.4. The molecule has 0 atom stereocenters. The van der Waals surface area contributed by atoms with Crippen molar-refractivity contribution in [1.82, 2.24) is 5.16 Å². The van der Waals surface area contributed by atoms with Crippen molar-refractivity contribution in [2.24, 2.45) is 0 Å². The van der Waals surface area contributed by atoms with Gasteiger partial charge in [0, 0.05) is 22.1 Å². The van der Waals surface area contributed by atoms with Gasteiger partial charge in [0.05, 0.1) is 18.1 Å². The summed E-state index contributed by atoms with van der Waals surface area (Å²) in [6.45, 7) is 0.263. The van der Waals surface area contributed by atoms with Crippen molar-refractivity contribution in [2.45, 2.75) is 13.0 Å². The Morgan fingerprint density at radius 2 is 1.90 bits per heavy atom. The summed E-state index contributed by atoms with van der Waals surface area (Å²) < 4.78 is 17.2. The van der Waals surface area contributed by atoms with E-state index in [4.69, 9.17) is 24.5 Å². The van der Waals surface area contributed by atoms with Crippen LogP contribution >= 0.6 is 0 Å². The summed E-state index contributed by atoms with van der Waals surface area (Å²) in [7, 11) is 0. The summed E-state index contributed by atoms with van der Waals surface area (Å²) in [4.78, 5) is 11.1. The molecule has 7 nitrogen and oxygen atoms in total. The van der Waals surface area contributed by atoms with Crippen LogP contribution in [-0.4, -0.2) is 16.2 Å². The van der Waals surface area contributed by atoms with Crippen LogP contribution in [-0.2, 0) is 17.8 Å². The number of ether oxygens (including phenoxy) is 1. The molecular formula is C24H18N2O5. The minimum atomic E-state index is -0.905. The van der Waals surface area contributed by atoms with E-state index in [1.165, 1.54) is 0 Å². The third-order valence-corrected chi connectivity index (χ3v) is 5.14. The highest BCUT2D eigenvalue weighted by Crippen LogP contribution is 2.37. The van der Waals surface area contributed by atoms with Gasteiger partial charge in [-0.15, -0.1) is 0 Å². The number of hydrogen-bond donors (Lipinski definition) is 2. The van der Waals surface area contributed by atoms with Gasteiger partial charge in [0.15, 0.2) is 11.4 Å². The first-order chi connectivity index (χ1) is 15.1. The van der Waals surface area contributed by atoms with Crippen molar-refractivity contribution in [3.8, 4) is 16.9 Å². The Bertz CT molecular complexity index is 1420. The highest BCUT2D eigenvalue weighted by molar-refractivity contribution is 6.03. The lowest BCUT2D eigenvalue weighted by Gasteiger charge is -2.12. The number of aliphatic carboxylic acids is 1. The van der Waals surface area contributed by atoms with Gasteiger partial charge in [0.2, 0.25) is 0 Å². The number of fused-ring (bicyclic) bond motifs is 2. The van der Waals surface area contributed by atoms with E-state index in [0.29, 0.717) is 22.7 Å². The Morgan fingerprint density at radius 3 is 2.77 bits per heavy atom. The fraction of sp³-hybridized carbons (Fsp3) is 0.0833. The number of benzene rings is 3. The first-order valence-corrected chi connectivity index (χ1v) is 9.67. The van der Waals surface area contributed by atoms with Crippen molar-refractivity contribution >= 4 is 33.7 Å². The van der Waals surface area contributed by atoms with Gasteiger partial charge >= 0.3 is 5.97 Å². The monoisotopic (exact) mass is 414 g/mol. The van der Waals surface area contributed by atoms with Gasteiger partial charge in [-0.1, -0.05) is 35.5 Å². The molecule has 3 aromatic carbocycles. The number of carboxylic acid groups (broad SMARTS) is 1. The number of carbonyl (C=O) groups is 1. The molecule has 3 N–H and O–H groups in total. The minimum absolute atomic E-state index is 0.100. The van der Waals surface area contributed by atoms with E-state index in [-0.39, 0.29) is 13.0 Å². The van der Waals surface area contributed by atoms with Crippen LogP contribution in [0.2, 0.25) is 0 Å². The van der Waals surface area contributed by atoms with Gasteiger partial charge < -0.3 is 24.5 Å². The number of anilines is 1. The molecule has 5 rings (SSSR count). The average molecular weight is 414 g/mol. The van der Waals surface area contributed by atoms with Crippen LogP contribution in [0.4, 0.5) is 5.82 Å². The molecule has 0 aliphatic rings. The number of aromatic nitrogens is 1. The molecule has 31 heavy (non-hydrogen) atoms. The fourth-order valence-corrected chi connectivity index (χ4v) is 3.74. The molecule has 154 valence electrons. The minimum Gasteiger partial charge on any atom is -0.489 e. The molecule has 2 aromatic heterocycles. The Kier molecular flexibility index (Phi) is 4.55. The maximum absolute atomic E-state index is 11.1. The van der Waals surface area contributed by atoms with Crippen molar-refractivity contribution in [3.05, 3.63) is 78.1 Å². The molecule has 0 amide bonds. The van der Waals surface area contributed by atoms with Gasteiger partial charge in [-0.05, 0) is 35.9 Å². The van der Waals surface area contributed by atoms with Gasteiger partial charge in [0.25, 0.3) is 0 Å². The number of nitrogens with zero attached hydrogens (tertiary/aromatic N) is 1. The van der Waals surface area contributed by atoms with Crippen molar-refractivity contribution < 1.29 is 23.6 Å². The van der Waals surface area contributed by atoms with Gasteiger partial charge in [0.1, 0.15) is 17.9 Å². The van der Waals surface area contributed by atoms with Crippen LogP contribution in [0.25, 0.3) is 33.1 Å². The number of rotatable bonds is 6. The Morgan fingerprint density at radius 1 is 1.03 bits per heavy atom. The molecular weight excluding hydrogens is 396 g/mol. The number of nitrogens with two attached hydrogens (primary N) is 1. The Balaban J connectivity index is 1.54. The number of carboxylic acids is 1. The molecule has 0 saturated heterocycles. The predicted molar refractivity (Wildman–Crippen MR) is 116 cm³/mol. The molecule has 0 radical (unpaired) electrons. The summed E-state index contributed by atoms with van der Waals surface area (Å²) in [5, 5.41) is 14.7. The lowest BCUT2D eigenvalue weighted by molar-refractivity contribution is -0.136. The summed E-state index contributed by atoms with van der Waals surface area (Å²) in [5.74, 6) is -0.0245. The molecule has 2 heterocycles. The quantitative estimate of drug-likeness (QED) is 0.401. The summed E-state index contributed by atoms with van der Waals surface area (Å²) in [6.07, 6.45) is 1.53. The average Bonchev–Trinajstić information content (AvgIpc) is 3.39. The molecule has 0 aliphatic carbocycles. The third-order valence-electron chi connectivity index (χ3n) is 5.14. The van der Waals surface area contributed by atoms with E-state index < -0.39 is 5.97 Å². The van der Waals surface area contributed by atoms with Crippen LogP contribution < -0.4 is 10.5 Å². The fourth-order valence-electron chi connectivity index (χ4n) is 3.74. The molecule has 0 saturated carbocycles. The van der Waals surface area contributed by atoms with Crippen LogP contribution in [0.5, 0.6) is 5.75 Å². The molecule has 7 heteroatoms. The second-order valence-corrected chi connectivity index (χ2v) is 7.20. The van der Waals surface area contributed by atoms with Crippen LogP contribution in [0.1, 0.15) is 11.1 Å². The normalized spacial score (nSPS) is 11.2. The van der Waals surface area contributed by atoms with Crippen LogP contribution in [0.3, 0.4) is 0 Å². The Hall–Kier alpha value is -4.26. The van der Waals surface area contributed by atoms with Crippen LogP contribution in [0.15, 0.2) is 75.9 Å². The lowest BCUT2D eigenvalue weighted by Crippen LogP contribution is -2.04. The van der Waals surface area contributed by atoms with E-state index in [1.807, 2.05) is 42.5 Å². The molecule has 0 bridgehead atoms. The first-order valence-electron chi connectivity index (χ1n) is 9.67. The second-order valence-electron chi connectivity index (χ2n) is 7.20. The van der Waals surface area contributed by atoms with E-state index in [0.717, 1.165) is 33.0 Å². The van der Waals surface area contributed by atoms with Crippen LogP contribution in [0, 0.1) is 0 Å². The number of nitrogen functional groups attached to an aromatic ring is 1. The summed E-state index contributed by atoms with van der Waals surface area (Å²) in [6, 6.07) is 18.7. The highest BCUT2D eigenvalue weighted by atomic mass is 16.5. The Labute approximate surface area is 176 Å². The van der Waals surface area contributed by atoms with Crippen molar-refractivity contribution in [2.75, 3.05) is 5.73 Å². The van der Waals surface area contributed by atoms with Gasteiger partial charge in [-0.3, -0.25) is 4.79 Å². The lowest BCUT2D eigenvalue weighted by atomic mass is 9.99. The highest BCUT2D eigenvalue weighted by Gasteiger charge is 2.17. The predicted octanol–water partition coefficient (Wildman–Crippen LogP) is 5.03. The molecule has 0 aliphatic heterocycles. The number of para-hydroxylation sites is 2. The van der Waals surface area contributed by atoms with E-state index in [2.05, 4.69) is 5.16 Å². The zero-order valence-electron chi connectivity index (χ0n) is 16.4. The smallest absolute Gasteiger partial charge is 0.307 e. The third kappa shape index (κ3) is 3.46. The van der Waals surface area contributed by atoms with E-state index in [1.54, 1.807) is 24.5 Å². The van der Waals surface area contributed by atoms with Crippen molar-refractivity contribution in [3.63, 3.8) is 0 Å². The first kappa shape index (κ1) is 18.7. The number of hydrogen-bond acceptors (Lipinski definition) is 6. The maximum Gasteiger partial charge on any atom is 0.307 e. The molecule has 0 spiro atoms. The van der Waals surface area contributed by atoms with Gasteiger partial charge in [-0.25, -0.2) is 0 Å². The largest absolute Gasteiger partial charge is 0.489 e. The molecule has 0 unspecified atom stereocenters. The number of furan rings is 1. The zero-order chi connectivity index (χ0) is 21.4. The van der Waals surface area contributed by atoms with E-state index in [9.17, 15) is 4.79 Å². The van der Waals surface area contributed by atoms with Crippen molar-refractivity contribution in [1.29, 1.82) is 0 Å². The molecule has 0 fully saturated rings. The SMILES string of the molecule is Nc1noc2c(-c3cc(COc4ccccc4CC(=O)O)cc4ccoc34)cccc12. The van der Waals surface area contributed by atoms with Gasteiger partial charge in [-0.2, -0.15) is 0 Å². The second kappa shape index (κ2) is 7.53. The maximum atomic E-state index is 11.1. The topological polar surface area (TPSA) is 112 Å². The molecule has 5 aromatic rings. The summed E-state index contributed by atoms with van der Waals surface area (Å²) >= 11 is 0.